The number of aromatic nitrogens is 6. The third-order valence-corrected chi connectivity index (χ3v) is 5.41. The van der Waals surface area contributed by atoms with Crippen molar-refractivity contribution in [2.45, 2.75) is 52.6 Å². The van der Waals surface area contributed by atoms with Crippen molar-refractivity contribution in [2.24, 2.45) is 0 Å². The molecule has 7 nitrogen and oxygen atoms in total. The second kappa shape index (κ2) is 8.34. The molecule has 0 atom stereocenters. The summed E-state index contributed by atoms with van der Waals surface area (Å²) in [6, 6.07) is 16.4. The third-order valence-electron chi connectivity index (χ3n) is 5.41. The van der Waals surface area contributed by atoms with Gasteiger partial charge in [0.2, 0.25) is 0 Å². The first-order valence-corrected chi connectivity index (χ1v) is 10.6. The number of H-pyrrole nitrogens is 1. The van der Waals surface area contributed by atoms with Crippen LogP contribution >= 0.6 is 0 Å². The Hall–Kier alpha value is -3.48. The number of nitrogens with one attached hydrogen (secondary N) is 1. The Bertz CT molecular complexity index is 1210. The van der Waals surface area contributed by atoms with Gasteiger partial charge < -0.3 is 0 Å². The number of nitrogens with zero attached hydrogens (tertiary/aromatic N) is 5. The second-order valence-electron chi connectivity index (χ2n) is 8.82. The predicted octanol–water partition coefficient (Wildman–Crippen LogP) is 4.25. The highest BCUT2D eigenvalue weighted by atomic mass is 16.1. The molecule has 0 fully saturated rings. The van der Waals surface area contributed by atoms with Crippen molar-refractivity contribution < 1.29 is 0 Å². The van der Waals surface area contributed by atoms with Crippen molar-refractivity contribution in [1.82, 2.24) is 29.8 Å². The van der Waals surface area contributed by atoms with Gasteiger partial charge in [-0.3, -0.25) is 9.13 Å². The summed E-state index contributed by atoms with van der Waals surface area (Å²) in [4.78, 5) is 13.0. The first-order chi connectivity index (χ1) is 14.9. The van der Waals surface area contributed by atoms with E-state index in [-0.39, 0.29) is 11.1 Å². The maximum absolute atomic E-state index is 13.0. The SMILES string of the molecule is CCCn1cc(C(C)(C)C)n(Cc2ccc(-c3ccccc3-c3nnn[nH]3)cc2)c1=O. The van der Waals surface area contributed by atoms with Crippen LogP contribution in [0.25, 0.3) is 22.5 Å². The Morgan fingerprint density at radius 1 is 1.00 bits per heavy atom. The molecular formula is C24H28N6O. The number of rotatable bonds is 6. The van der Waals surface area contributed by atoms with Crippen molar-refractivity contribution >= 4 is 0 Å². The van der Waals surface area contributed by atoms with E-state index in [4.69, 9.17) is 0 Å². The molecule has 7 heteroatoms. The summed E-state index contributed by atoms with van der Waals surface area (Å²) in [5.41, 5.74) is 5.16. The average Bonchev–Trinajstić information content (AvgIpc) is 3.39. The number of imidazole rings is 1. The molecule has 0 radical (unpaired) electrons. The Morgan fingerprint density at radius 2 is 1.71 bits per heavy atom. The average molecular weight is 417 g/mol. The van der Waals surface area contributed by atoms with Gasteiger partial charge in [0.05, 0.1) is 6.54 Å². The van der Waals surface area contributed by atoms with E-state index in [0.717, 1.165) is 40.9 Å². The predicted molar refractivity (Wildman–Crippen MR) is 122 cm³/mol. The molecule has 0 saturated carbocycles. The van der Waals surface area contributed by atoms with Crippen LogP contribution in [0.2, 0.25) is 0 Å². The van der Waals surface area contributed by atoms with Crippen LogP contribution in [0.15, 0.2) is 59.5 Å². The molecular weight excluding hydrogens is 388 g/mol. The summed E-state index contributed by atoms with van der Waals surface area (Å²) in [6.07, 6.45) is 2.95. The molecule has 2 aromatic heterocycles. The van der Waals surface area contributed by atoms with Crippen LogP contribution in [0, 0.1) is 0 Å². The zero-order valence-corrected chi connectivity index (χ0v) is 18.5. The summed E-state index contributed by atoms with van der Waals surface area (Å²) in [7, 11) is 0. The summed E-state index contributed by atoms with van der Waals surface area (Å²) in [6.45, 7) is 9.82. The lowest BCUT2D eigenvalue weighted by Crippen LogP contribution is -2.28. The topological polar surface area (TPSA) is 81.4 Å². The van der Waals surface area contributed by atoms with Crippen LogP contribution in [0.4, 0.5) is 0 Å². The maximum Gasteiger partial charge on any atom is 0.328 e. The summed E-state index contributed by atoms with van der Waals surface area (Å²) in [5, 5.41) is 14.3. The number of aromatic amines is 1. The Labute approximate surface area is 181 Å². The molecule has 160 valence electrons. The molecule has 1 N–H and O–H groups in total. The van der Waals surface area contributed by atoms with Gasteiger partial charge in [-0.05, 0) is 33.5 Å². The van der Waals surface area contributed by atoms with E-state index < -0.39 is 0 Å². The van der Waals surface area contributed by atoms with Crippen LogP contribution in [-0.2, 0) is 18.5 Å². The highest BCUT2D eigenvalue weighted by molar-refractivity contribution is 5.80. The third kappa shape index (κ3) is 4.21. The molecule has 0 unspecified atom stereocenters. The van der Waals surface area contributed by atoms with Crippen LogP contribution in [0.3, 0.4) is 0 Å². The Balaban J connectivity index is 1.67. The van der Waals surface area contributed by atoms with Crippen LogP contribution in [0.5, 0.6) is 0 Å². The molecule has 0 aliphatic heterocycles. The van der Waals surface area contributed by atoms with Crippen molar-refractivity contribution in [3.63, 3.8) is 0 Å². The Kier molecular flexibility index (Phi) is 5.59. The lowest BCUT2D eigenvalue weighted by molar-refractivity contribution is 0.525. The molecule has 4 rings (SSSR count). The van der Waals surface area contributed by atoms with Gasteiger partial charge in [0.25, 0.3) is 0 Å². The van der Waals surface area contributed by atoms with Crippen LogP contribution < -0.4 is 5.69 Å². The maximum atomic E-state index is 13.0. The number of tetrazole rings is 1. The van der Waals surface area contributed by atoms with Gasteiger partial charge in [-0.1, -0.05) is 76.2 Å². The molecule has 0 spiro atoms. The molecule has 31 heavy (non-hydrogen) atoms. The fourth-order valence-electron chi connectivity index (χ4n) is 3.87. The van der Waals surface area contributed by atoms with E-state index in [1.165, 1.54) is 0 Å². The minimum absolute atomic E-state index is 0.0546. The summed E-state index contributed by atoms with van der Waals surface area (Å²) >= 11 is 0. The molecule has 4 aromatic rings. The fraction of sp³-hybridized carbons (Fsp3) is 0.333. The molecule has 2 heterocycles. The quantitative estimate of drug-likeness (QED) is 0.509. The highest BCUT2D eigenvalue weighted by Crippen LogP contribution is 2.30. The van der Waals surface area contributed by atoms with Gasteiger partial charge in [-0.25, -0.2) is 9.89 Å². The van der Waals surface area contributed by atoms with Crippen molar-refractivity contribution in [2.75, 3.05) is 0 Å². The van der Waals surface area contributed by atoms with Gasteiger partial charge >= 0.3 is 5.69 Å². The molecule has 2 aromatic carbocycles. The molecule has 0 aliphatic carbocycles. The molecule has 0 amide bonds. The second-order valence-corrected chi connectivity index (χ2v) is 8.82. The summed E-state index contributed by atoms with van der Waals surface area (Å²) < 4.78 is 3.73. The van der Waals surface area contributed by atoms with Crippen molar-refractivity contribution in [3.8, 4) is 22.5 Å². The molecule has 0 bridgehead atoms. The van der Waals surface area contributed by atoms with Crippen molar-refractivity contribution in [3.05, 3.63) is 76.5 Å². The Morgan fingerprint density at radius 3 is 2.32 bits per heavy atom. The standard InChI is InChI=1S/C24H28N6O/c1-5-14-29-16-21(24(2,3)4)30(23(29)31)15-17-10-12-18(13-11-17)19-8-6-7-9-20(19)22-25-27-28-26-22/h6-13,16H,5,14-15H2,1-4H3,(H,25,26,27,28). The molecule has 0 aliphatic rings. The first-order valence-electron chi connectivity index (χ1n) is 10.6. The number of benzene rings is 2. The zero-order valence-electron chi connectivity index (χ0n) is 18.5. The smallest absolute Gasteiger partial charge is 0.299 e. The van der Waals surface area contributed by atoms with E-state index in [1.54, 1.807) is 0 Å². The van der Waals surface area contributed by atoms with Crippen LogP contribution in [-0.4, -0.2) is 29.8 Å². The minimum Gasteiger partial charge on any atom is -0.299 e. The van der Waals surface area contributed by atoms with Gasteiger partial charge in [0.1, 0.15) is 0 Å². The van der Waals surface area contributed by atoms with Crippen molar-refractivity contribution in [1.29, 1.82) is 0 Å². The van der Waals surface area contributed by atoms with Gasteiger partial charge in [0, 0.05) is 29.4 Å². The number of hydrogen-bond acceptors (Lipinski definition) is 4. The monoisotopic (exact) mass is 416 g/mol. The number of aryl methyl sites for hydroxylation is 1. The summed E-state index contributed by atoms with van der Waals surface area (Å²) in [5.74, 6) is 0.637. The van der Waals surface area contributed by atoms with Gasteiger partial charge in [-0.15, -0.1) is 5.10 Å². The van der Waals surface area contributed by atoms with Gasteiger partial charge in [0.15, 0.2) is 5.82 Å². The molecule has 0 saturated heterocycles. The van der Waals surface area contributed by atoms with E-state index in [1.807, 2.05) is 33.5 Å². The van der Waals surface area contributed by atoms with E-state index >= 15 is 0 Å². The first kappa shape index (κ1) is 20.8. The largest absolute Gasteiger partial charge is 0.328 e. The van der Waals surface area contributed by atoms with E-state index in [9.17, 15) is 4.79 Å². The van der Waals surface area contributed by atoms with E-state index in [2.05, 4.69) is 78.7 Å². The lowest BCUT2D eigenvalue weighted by Gasteiger charge is -2.20. The van der Waals surface area contributed by atoms with Crippen LogP contribution in [0.1, 0.15) is 45.4 Å². The van der Waals surface area contributed by atoms with Gasteiger partial charge in [-0.2, -0.15) is 0 Å². The number of hydrogen-bond donors (Lipinski definition) is 1. The normalized spacial score (nSPS) is 11.7. The minimum atomic E-state index is -0.109. The fourth-order valence-corrected chi connectivity index (χ4v) is 3.87. The lowest BCUT2D eigenvalue weighted by atomic mass is 9.92. The highest BCUT2D eigenvalue weighted by Gasteiger charge is 2.22. The van der Waals surface area contributed by atoms with E-state index in [0.29, 0.717) is 12.4 Å². The zero-order chi connectivity index (χ0) is 22.0.